The molecule has 0 aromatic heterocycles. The molecule has 0 saturated carbocycles. The molecule has 20 heavy (non-hydrogen) atoms. The van der Waals surface area contributed by atoms with E-state index in [2.05, 4.69) is 10.3 Å². The average molecular weight is 277 g/mol. The predicted octanol–water partition coefficient (Wildman–Crippen LogP) is 1.09. The molecule has 6 heteroatoms. The lowest BCUT2D eigenvalue weighted by molar-refractivity contribution is -0.129. The second-order valence-electron chi connectivity index (χ2n) is 4.70. The molecule has 3 N–H and O–H groups in total. The number of aliphatic imine (C=N–C) groups is 1. The third-order valence-electron chi connectivity index (χ3n) is 3.15. The van der Waals surface area contributed by atoms with Crippen LogP contribution in [0.1, 0.15) is 31.2 Å². The Morgan fingerprint density at radius 1 is 1.35 bits per heavy atom. The summed E-state index contributed by atoms with van der Waals surface area (Å²) in [5.74, 6) is -2.29. The second-order valence-corrected chi connectivity index (χ2v) is 4.70. The highest BCUT2D eigenvalue weighted by Gasteiger charge is 2.34. The van der Waals surface area contributed by atoms with Gasteiger partial charge < -0.3 is 11.1 Å². The first kappa shape index (κ1) is 14.3. The highest BCUT2D eigenvalue weighted by molar-refractivity contribution is 6.20. The molecular weight excluding hydrogens is 261 g/mol. The number of nitrogens with zero attached hydrogens (tertiary/aromatic N) is 1. The molecule has 1 aromatic rings. The van der Waals surface area contributed by atoms with Crippen molar-refractivity contribution in [2.45, 2.75) is 31.7 Å². The van der Waals surface area contributed by atoms with Crippen LogP contribution in [0.5, 0.6) is 0 Å². The van der Waals surface area contributed by atoms with Crippen molar-refractivity contribution < 1.29 is 14.0 Å². The van der Waals surface area contributed by atoms with E-state index in [4.69, 9.17) is 5.73 Å². The van der Waals surface area contributed by atoms with E-state index < -0.39 is 29.6 Å². The van der Waals surface area contributed by atoms with Crippen LogP contribution in [0.4, 0.5) is 4.39 Å². The average Bonchev–Trinajstić information content (AvgIpc) is 2.40. The monoisotopic (exact) mass is 277 g/mol. The van der Waals surface area contributed by atoms with E-state index in [1.54, 1.807) is 0 Å². The van der Waals surface area contributed by atoms with Crippen LogP contribution in [0.2, 0.25) is 0 Å². The third kappa shape index (κ3) is 2.91. The number of amides is 2. The first-order chi connectivity index (χ1) is 9.52. The zero-order chi connectivity index (χ0) is 14.7. The first-order valence-corrected chi connectivity index (χ1v) is 6.47. The van der Waals surface area contributed by atoms with E-state index in [0.29, 0.717) is 12.0 Å². The number of nitrogens with one attached hydrogen (secondary N) is 1. The van der Waals surface area contributed by atoms with Gasteiger partial charge in [0.2, 0.25) is 5.91 Å². The molecular formula is C14H16FN3O2. The van der Waals surface area contributed by atoms with Crippen molar-refractivity contribution in [3.63, 3.8) is 0 Å². The van der Waals surface area contributed by atoms with Gasteiger partial charge in [-0.25, -0.2) is 4.39 Å². The summed E-state index contributed by atoms with van der Waals surface area (Å²) >= 11 is 0. The maximum absolute atomic E-state index is 12.9. The second kappa shape index (κ2) is 5.92. The van der Waals surface area contributed by atoms with Crippen LogP contribution in [0, 0.1) is 5.82 Å². The predicted molar refractivity (Wildman–Crippen MR) is 72.6 cm³/mol. The van der Waals surface area contributed by atoms with Gasteiger partial charge in [-0.05, 0) is 24.1 Å². The molecule has 1 aliphatic heterocycles. The fourth-order valence-electron chi connectivity index (χ4n) is 2.09. The molecule has 0 spiro atoms. The Bertz CT molecular complexity index is 554. The zero-order valence-electron chi connectivity index (χ0n) is 11.1. The van der Waals surface area contributed by atoms with E-state index in [1.807, 2.05) is 6.92 Å². The topological polar surface area (TPSA) is 84.5 Å². The summed E-state index contributed by atoms with van der Waals surface area (Å²) in [7, 11) is 0. The summed E-state index contributed by atoms with van der Waals surface area (Å²) in [4.78, 5) is 27.9. The van der Waals surface area contributed by atoms with Crippen LogP contribution >= 0.6 is 0 Å². The number of hydrogen-bond donors (Lipinski definition) is 2. The fraction of sp³-hybridized carbons (Fsp3) is 0.357. The van der Waals surface area contributed by atoms with Gasteiger partial charge in [0.15, 0.2) is 0 Å². The fourth-order valence-corrected chi connectivity index (χ4v) is 2.09. The third-order valence-corrected chi connectivity index (χ3v) is 3.15. The molecule has 1 aliphatic rings. The van der Waals surface area contributed by atoms with E-state index >= 15 is 0 Å². The molecule has 0 radical (unpaired) electrons. The van der Waals surface area contributed by atoms with Gasteiger partial charge in [0.1, 0.15) is 17.6 Å². The summed E-state index contributed by atoms with van der Waals surface area (Å²) in [6.45, 7) is 1.95. The minimum atomic E-state index is -1.03. The van der Waals surface area contributed by atoms with E-state index in [0.717, 1.165) is 6.42 Å². The molecule has 1 heterocycles. The summed E-state index contributed by atoms with van der Waals surface area (Å²) in [5.41, 5.74) is 6.26. The molecule has 106 valence electrons. The van der Waals surface area contributed by atoms with Crippen molar-refractivity contribution in [3.8, 4) is 0 Å². The standard InChI is InChI=1S/C14H16FN3O2/c1-2-3-10(16)12-17-13(19)11(14(20)18-12)8-4-6-9(15)7-5-8/h4-7,10-11H,2-3,16H2,1H3,(H,17,18,19,20). The number of hydrogen-bond acceptors (Lipinski definition) is 3. The van der Waals surface area contributed by atoms with E-state index in [1.165, 1.54) is 24.3 Å². The van der Waals surface area contributed by atoms with Crippen molar-refractivity contribution in [1.29, 1.82) is 0 Å². The largest absolute Gasteiger partial charge is 0.321 e. The zero-order valence-corrected chi connectivity index (χ0v) is 11.1. The van der Waals surface area contributed by atoms with Crippen LogP contribution in [0.15, 0.2) is 29.3 Å². The van der Waals surface area contributed by atoms with Crippen molar-refractivity contribution in [3.05, 3.63) is 35.6 Å². The number of halogens is 1. The molecule has 0 fully saturated rings. The highest BCUT2D eigenvalue weighted by atomic mass is 19.1. The van der Waals surface area contributed by atoms with Crippen molar-refractivity contribution in [2.75, 3.05) is 0 Å². The normalized spacial score (nSPS) is 20.4. The van der Waals surface area contributed by atoms with Gasteiger partial charge in [-0.3, -0.25) is 9.59 Å². The molecule has 0 saturated heterocycles. The number of carbonyl (C=O) groups is 2. The number of amidine groups is 1. The highest BCUT2D eigenvalue weighted by Crippen LogP contribution is 2.21. The van der Waals surface area contributed by atoms with Gasteiger partial charge >= 0.3 is 0 Å². The Morgan fingerprint density at radius 2 is 2.00 bits per heavy atom. The number of benzene rings is 1. The van der Waals surface area contributed by atoms with E-state index in [9.17, 15) is 14.0 Å². The van der Waals surface area contributed by atoms with Gasteiger partial charge in [0.25, 0.3) is 5.91 Å². The molecule has 5 nitrogen and oxygen atoms in total. The lowest BCUT2D eigenvalue weighted by atomic mass is 9.95. The number of nitrogens with two attached hydrogens (primary N) is 1. The van der Waals surface area contributed by atoms with Gasteiger partial charge in [-0.15, -0.1) is 0 Å². The Morgan fingerprint density at radius 3 is 2.55 bits per heavy atom. The van der Waals surface area contributed by atoms with Crippen LogP contribution in [-0.4, -0.2) is 23.7 Å². The summed E-state index contributed by atoms with van der Waals surface area (Å²) in [6, 6.07) is 4.77. The lowest BCUT2D eigenvalue weighted by Crippen LogP contribution is -2.50. The van der Waals surface area contributed by atoms with Gasteiger partial charge in [-0.1, -0.05) is 25.5 Å². The van der Waals surface area contributed by atoms with Crippen molar-refractivity contribution >= 4 is 17.6 Å². The lowest BCUT2D eigenvalue weighted by Gasteiger charge is -2.23. The Kier molecular flexibility index (Phi) is 4.24. The van der Waals surface area contributed by atoms with Gasteiger partial charge in [0, 0.05) is 0 Å². The Balaban J connectivity index is 2.24. The van der Waals surface area contributed by atoms with Crippen molar-refractivity contribution in [2.24, 2.45) is 10.7 Å². The quantitative estimate of drug-likeness (QED) is 0.808. The maximum Gasteiger partial charge on any atom is 0.264 e. The van der Waals surface area contributed by atoms with Gasteiger partial charge in [0.05, 0.1) is 6.04 Å². The molecule has 0 aliphatic carbocycles. The summed E-state index contributed by atoms with van der Waals surface area (Å²) in [6.07, 6.45) is 1.46. The van der Waals surface area contributed by atoms with Crippen LogP contribution < -0.4 is 11.1 Å². The minimum Gasteiger partial charge on any atom is -0.321 e. The summed E-state index contributed by atoms with van der Waals surface area (Å²) in [5, 5.41) is 2.57. The SMILES string of the molecule is CCCC(N)C1=NC(=O)C(c2ccc(F)cc2)C(=O)N1. The van der Waals surface area contributed by atoms with Crippen LogP contribution in [0.25, 0.3) is 0 Å². The van der Waals surface area contributed by atoms with Crippen molar-refractivity contribution in [1.82, 2.24) is 5.32 Å². The van der Waals surface area contributed by atoms with Gasteiger partial charge in [-0.2, -0.15) is 4.99 Å². The number of carbonyl (C=O) groups excluding carboxylic acids is 2. The molecule has 2 unspecified atom stereocenters. The molecule has 0 bridgehead atoms. The minimum absolute atomic E-state index is 0.209. The van der Waals surface area contributed by atoms with E-state index in [-0.39, 0.29) is 5.84 Å². The number of rotatable bonds is 4. The van der Waals surface area contributed by atoms with Crippen LogP contribution in [0.3, 0.4) is 0 Å². The molecule has 1 aromatic carbocycles. The first-order valence-electron chi connectivity index (χ1n) is 6.47. The Labute approximate surface area is 116 Å². The molecule has 2 rings (SSSR count). The van der Waals surface area contributed by atoms with Crippen LogP contribution in [-0.2, 0) is 9.59 Å². The maximum atomic E-state index is 12.9. The molecule has 2 amide bonds. The smallest absolute Gasteiger partial charge is 0.264 e. The molecule has 2 atom stereocenters. The summed E-state index contributed by atoms with van der Waals surface area (Å²) < 4.78 is 12.9. The Hall–Kier alpha value is -2.08.